The van der Waals surface area contributed by atoms with Crippen LogP contribution in [0.25, 0.3) is 0 Å². The third-order valence-electron chi connectivity index (χ3n) is 2.99. The Balaban J connectivity index is 2.00. The van der Waals surface area contributed by atoms with Gasteiger partial charge >= 0.3 is 0 Å². The topological polar surface area (TPSA) is 64.3 Å². The van der Waals surface area contributed by atoms with E-state index in [2.05, 4.69) is 21.2 Å². The van der Waals surface area contributed by atoms with Crippen LogP contribution in [0.5, 0.6) is 5.75 Å². The average Bonchev–Trinajstić information content (AvgIpc) is 2.44. The first-order valence-corrected chi connectivity index (χ1v) is 7.34. The van der Waals surface area contributed by atoms with Crippen LogP contribution < -0.4 is 15.8 Å². The quantitative estimate of drug-likeness (QED) is 0.827. The number of hydrogen-bond acceptors (Lipinski definition) is 3. The molecular weight excluding hydrogens is 332 g/mol. The first-order chi connectivity index (χ1) is 9.95. The van der Waals surface area contributed by atoms with Gasteiger partial charge in [-0.25, -0.2) is 0 Å². The van der Waals surface area contributed by atoms with E-state index in [1.807, 2.05) is 25.1 Å². The van der Waals surface area contributed by atoms with Crippen LogP contribution in [0.3, 0.4) is 0 Å². The molecule has 2 aromatic rings. The standard InChI is InChI=1S/C16H17BrN2O2/c1-10-9-12(17)3-8-15(10)21-11(2)16(20)19-14-6-4-13(18)5-7-14/h3-9,11H,18H2,1-2H3,(H,19,20). The van der Waals surface area contributed by atoms with Crippen molar-refractivity contribution in [3.8, 4) is 5.75 Å². The number of rotatable bonds is 4. The molecule has 0 aromatic heterocycles. The molecule has 1 unspecified atom stereocenters. The molecule has 3 N–H and O–H groups in total. The van der Waals surface area contributed by atoms with Crippen molar-refractivity contribution in [1.29, 1.82) is 0 Å². The van der Waals surface area contributed by atoms with Gasteiger partial charge < -0.3 is 15.8 Å². The van der Waals surface area contributed by atoms with Gasteiger partial charge in [-0.3, -0.25) is 4.79 Å². The molecule has 0 saturated carbocycles. The summed E-state index contributed by atoms with van der Waals surface area (Å²) in [6.07, 6.45) is -0.595. The van der Waals surface area contributed by atoms with E-state index in [0.717, 1.165) is 10.0 Å². The van der Waals surface area contributed by atoms with Gasteiger partial charge in [-0.15, -0.1) is 0 Å². The fourth-order valence-electron chi connectivity index (χ4n) is 1.80. The van der Waals surface area contributed by atoms with Crippen LogP contribution in [0.15, 0.2) is 46.9 Å². The van der Waals surface area contributed by atoms with Crippen molar-refractivity contribution >= 4 is 33.2 Å². The van der Waals surface area contributed by atoms with Crippen molar-refractivity contribution in [1.82, 2.24) is 0 Å². The van der Waals surface area contributed by atoms with Crippen LogP contribution in [0.2, 0.25) is 0 Å². The van der Waals surface area contributed by atoms with E-state index >= 15 is 0 Å². The van der Waals surface area contributed by atoms with E-state index in [9.17, 15) is 4.79 Å². The molecule has 21 heavy (non-hydrogen) atoms. The van der Waals surface area contributed by atoms with Crippen molar-refractivity contribution in [3.63, 3.8) is 0 Å². The maximum atomic E-state index is 12.1. The van der Waals surface area contributed by atoms with Crippen LogP contribution in [0.4, 0.5) is 11.4 Å². The fourth-order valence-corrected chi connectivity index (χ4v) is 2.27. The summed E-state index contributed by atoms with van der Waals surface area (Å²) in [6, 6.07) is 12.6. The Morgan fingerprint density at radius 3 is 2.52 bits per heavy atom. The van der Waals surface area contributed by atoms with Gasteiger partial charge in [0.2, 0.25) is 0 Å². The number of amides is 1. The molecular formula is C16H17BrN2O2. The third kappa shape index (κ3) is 4.23. The zero-order chi connectivity index (χ0) is 15.4. The highest BCUT2D eigenvalue weighted by atomic mass is 79.9. The predicted molar refractivity (Wildman–Crippen MR) is 88.5 cm³/mol. The summed E-state index contributed by atoms with van der Waals surface area (Å²) in [4.78, 5) is 12.1. The van der Waals surface area contributed by atoms with Gasteiger partial charge in [-0.1, -0.05) is 15.9 Å². The Labute approximate surface area is 132 Å². The number of carbonyl (C=O) groups excluding carboxylic acids is 1. The maximum Gasteiger partial charge on any atom is 0.265 e. The number of ether oxygens (including phenoxy) is 1. The lowest BCUT2D eigenvalue weighted by Gasteiger charge is -2.16. The highest BCUT2D eigenvalue weighted by Crippen LogP contribution is 2.23. The lowest BCUT2D eigenvalue weighted by molar-refractivity contribution is -0.122. The minimum absolute atomic E-state index is 0.206. The monoisotopic (exact) mass is 348 g/mol. The first kappa shape index (κ1) is 15.4. The van der Waals surface area contributed by atoms with Gasteiger partial charge in [0.15, 0.2) is 6.10 Å². The molecule has 0 aliphatic rings. The van der Waals surface area contributed by atoms with E-state index < -0.39 is 6.10 Å². The summed E-state index contributed by atoms with van der Waals surface area (Å²) in [7, 11) is 0. The molecule has 0 heterocycles. The number of halogens is 1. The summed E-state index contributed by atoms with van der Waals surface area (Å²) in [6.45, 7) is 3.65. The molecule has 1 amide bonds. The molecule has 2 rings (SSSR count). The first-order valence-electron chi connectivity index (χ1n) is 6.55. The smallest absolute Gasteiger partial charge is 0.265 e. The second-order valence-electron chi connectivity index (χ2n) is 4.78. The molecule has 0 bridgehead atoms. The zero-order valence-electron chi connectivity index (χ0n) is 11.9. The molecule has 2 aromatic carbocycles. The Morgan fingerprint density at radius 2 is 1.90 bits per heavy atom. The van der Waals surface area contributed by atoms with Gasteiger partial charge in [-0.2, -0.15) is 0 Å². The maximum absolute atomic E-state index is 12.1. The Kier molecular flexibility index (Phi) is 4.85. The Morgan fingerprint density at radius 1 is 1.24 bits per heavy atom. The van der Waals surface area contributed by atoms with Crippen LogP contribution in [0, 0.1) is 6.92 Å². The van der Waals surface area contributed by atoms with Crippen LogP contribution in [-0.2, 0) is 4.79 Å². The van der Waals surface area contributed by atoms with E-state index in [0.29, 0.717) is 17.1 Å². The molecule has 4 nitrogen and oxygen atoms in total. The van der Waals surface area contributed by atoms with E-state index in [-0.39, 0.29) is 5.91 Å². The van der Waals surface area contributed by atoms with Crippen molar-refractivity contribution < 1.29 is 9.53 Å². The van der Waals surface area contributed by atoms with E-state index in [4.69, 9.17) is 10.5 Å². The van der Waals surface area contributed by atoms with Crippen LogP contribution in [0.1, 0.15) is 12.5 Å². The number of anilines is 2. The van der Waals surface area contributed by atoms with Crippen LogP contribution >= 0.6 is 15.9 Å². The normalized spacial score (nSPS) is 11.8. The average molecular weight is 349 g/mol. The largest absolute Gasteiger partial charge is 0.481 e. The number of aryl methyl sites for hydroxylation is 1. The molecule has 0 spiro atoms. The highest BCUT2D eigenvalue weighted by molar-refractivity contribution is 9.10. The highest BCUT2D eigenvalue weighted by Gasteiger charge is 2.15. The number of nitrogen functional groups attached to an aromatic ring is 1. The number of nitrogens with two attached hydrogens (primary N) is 1. The lowest BCUT2D eigenvalue weighted by Crippen LogP contribution is -2.30. The Bertz CT molecular complexity index is 641. The molecule has 1 atom stereocenters. The van der Waals surface area contributed by atoms with Crippen molar-refractivity contribution in [2.24, 2.45) is 0 Å². The molecule has 0 aliphatic carbocycles. The summed E-state index contributed by atoms with van der Waals surface area (Å²) in [5.74, 6) is 0.486. The van der Waals surface area contributed by atoms with Gasteiger partial charge in [-0.05, 0) is 61.9 Å². The summed E-state index contributed by atoms with van der Waals surface area (Å²) in [5.41, 5.74) is 7.92. The van der Waals surface area contributed by atoms with Gasteiger partial charge in [0.05, 0.1) is 0 Å². The van der Waals surface area contributed by atoms with Crippen molar-refractivity contribution in [2.45, 2.75) is 20.0 Å². The summed E-state index contributed by atoms with van der Waals surface area (Å²) >= 11 is 3.40. The second-order valence-corrected chi connectivity index (χ2v) is 5.70. The summed E-state index contributed by atoms with van der Waals surface area (Å²) < 4.78 is 6.68. The fraction of sp³-hybridized carbons (Fsp3) is 0.188. The zero-order valence-corrected chi connectivity index (χ0v) is 13.5. The Hall–Kier alpha value is -2.01. The molecule has 0 fully saturated rings. The minimum atomic E-state index is -0.595. The molecule has 110 valence electrons. The number of benzene rings is 2. The molecule has 0 radical (unpaired) electrons. The lowest BCUT2D eigenvalue weighted by atomic mass is 10.2. The third-order valence-corrected chi connectivity index (χ3v) is 3.48. The number of nitrogens with one attached hydrogen (secondary N) is 1. The minimum Gasteiger partial charge on any atom is -0.481 e. The number of hydrogen-bond donors (Lipinski definition) is 2. The van der Waals surface area contributed by atoms with E-state index in [1.54, 1.807) is 31.2 Å². The van der Waals surface area contributed by atoms with Gasteiger partial charge in [0.25, 0.3) is 5.91 Å². The number of carbonyl (C=O) groups is 1. The van der Waals surface area contributed by atoms with Gasteiger partial charge in [0, 0.05) is 15.8 Å². The van der Waals surface area contributed by atoms with Crippen LogP contribution in [-0.4, -0.2) is 12.0 Å². The molecule has 0 aliphatic heterocycles. The predicted octanol–water partition coefficient (Wildman–Crippen LogP) is 3.75. The SMILES string of the molecule is Cc1cc(Br)ccc1OC(C)C(=O)Nc1ccc(N)cc1. The molecule has 0 saturated heterocycles. The van der Waals surface area contributed by atoms with Crippen molar-refractivity contribution in [2.75, 3.05) is 11.1 Å². The second kappa shape index (κ2) is 6.63. The van der Waals surface area contributed by atoms with Gasteiger partial charge in [0.1, 0.15) is 5.75 Å². The van der Waals surface area contributed by atoms with E-state index in [1.165, 1.54) is 0 Å². The molecule has 5 heteroatoms. The summed E-state index contributed by atoms with van der Waals surface area (Å²) in [5, 5.41) is 2.79. The van der Waals surface area contributed by atoms with Crippen molar-refractivity contribution in [3.05, 3.63) is 52.5 Å².